The average Bonchev–Trinajstić information content (AvgIpc) is 2.38. The molecule has 4 heteroatoms. The summed E-state index contributed by atoms with van der Waals surface area (Å²) in [5.74, 6) is 0.456. The Balaban J connectivity index is 2.17. The summed E-state index contributed by atoms with van der Waals surface area (Å²) in [5.41, 5.74) is 0.900. The molecule has 16 heavy (non-hydrogen) atoms. The zero-order valence-electron chi connectivity index (χ0n) is 8.54. The monoisotopic (exact) mass is 210 g/mol. The number of hydrogen-bond donors (Lipinski definition) is 1. The van der Waals surface area contributed by atoms with Gasteiger partial charge >= 0.3 is 0 Å². The van der Waals surface area contributed by atoms with Crippen LogP contribution in [-0.2, 0) is 0 Å². The summed E-state index contributed by atoms with van der Waals surface area (Å²) in [6.45, 7) is 0. The van der Waals surface area contributed by atoms with Crippen molar-refractivity contribution in [2.75, 3.05) is 5.32 Å². The number of aromatic nitrogens is 2. The van der Waals surface area contributed by atoms with Gasteiger partial charge in [-0.15, -0.1) is 0 Å². The summed E-state index contributed by atoms with van der Waals surface area (Å²) in [6, 6.07) is 13.0. The van der Waals surface area contributed by atoms with E-state index in [1.54, 1.807) is 18.5 Å². The first-order chi connectivity index (χ1) is 7.90. The van der Waals surface area contributed by atoms with E-state index in [9.17, 15) is 0 Å². The molecule has 78 valence electrons. The van der Waals surface area contributed by atoms with Gasteiger partial charge in [0, 0.05) is 12.4 Å². The predicted molar refractivity (Wildman–Crippen MR) is 60.5 cm³/mol. The number of benzene rings is 1. The summed E-state index contributed by atoms with van der Waals surface area (Å²) >= 11 is 0. The van der Waals surface area contributed by atoms with Crippen molar-refractivity contribution in [3.05, 3.63) is 54.4 Å². The van der Waals surface area contributed by atoms with Crippen LogP contribution < -0.4 is 5.32 Å². The molecule has 0 fully saturated rings. The Morgan fingerprint density at radius 1 is 1.06 bits per heavy atom. The number of hydrogen-bond acceptors (Lipinski definition) is 4. The van der Waals surface area contributed by atoms with Gasteiger partial charge in [-0.05, 0) is 11.6 Å². The Morgan fingerprint density at radius 3 is 2.38 bits per heavy atom. The molecule has 4 nitrogen and oxygen atoms in total. The van der Waals surface area contributed by atoms with E-state index in [0.717, 1.165) is 5.56 Å². The lowest BCUT2D eigenvalue weighted by molar-refractivity contribution is 0.955. The zero-order valence-corrected chi connectivity index (χ0v) is 8.54. The van der Waals surface area contributed by atoms with E-state index in [4.69, 9.17) is 5.26 Å². The van der Waals surface area contributed by atoms with Gasteiger partial charge in [0.25, 0.3) is 0 Å². The van der Waals surface area contributed by atoms with Crippen LogP contribution in [0.25, 0.3) is 0 Å². The van der Waals surface area contributed by atoms with E-state index in [0.29, 0.717) is 5.95 Å². The topological polar surface area (TPSA) is 61.6 Å². The van der Waals surface area contributed by atoms with Crippen LogP contribution in [-0.4, -0.2) is 9.97 Å². The molecule has 0 radical (unpaired) electrons. The summed E-state index contributed by atoms with van der Waals surface area (Å²) in [6.07, 6.45) is 3.27. The fraction of sp³-hybridized carbons (Fsp3) is 0.0833. The smallest absolute Gasteiger partial charge is 0.223 e. The van der Waals surface area contributed by atoms with Crippen molar-refractivity contribution in [1.29, 1.82) is 5.26 Å². The lowest BCUT2D eigenvalue weighted by Gasteiger charge is -2.10. The molecular weight excluding hydrogens is 200 g/mol. The molecule has 0 spiro atoms. The van der Waals surface area contributed by atoms with Crippen LogP contribution in [0.3, 0.4) is 0 Å². The van der Waals surface area contributed by atoms with Gasteiger partial charge in [0.2, 0.25) is 5.95 Å². The van der Waals surface area contributed by atoms with E-state index >= 15 is 0 Å². The first-order valence-electron chi connectivity index (χ1n) is 4.88. The normalized spacial score (nSPS) is 11.4. The van der Waals surface area contributed by atoms with Gasteiger partial charge < -0.3 is 5.32 Å². The lowest BCUT2D eigenvalue weighted by atomic mass is 10.1. The fourth-order valence-electron chi connectivity index (χ4n) is 1.34. The fourth-order valence-corrected chi connectivity index (χ4v) is 1.34. The highest BCUT2D eigenvalue weighted by Crippen LogP contribution is 2.15. The van der Waals surface area contributed by atoms with Crippen molar-refractivity contribution in [3.8, 4) is 6.07 Å². The van der Waals surface area contributed by atoms with Gasteiger partial charge in [0.15, 0.2) is 0 Å². The van der Waals surface area contributed by atoms with E-state index in [2.05, 4.69) is 21.4 Å². The van der Waals surface area contributed by atoms with Crippen LogP contribution in [0.1, 0.15) is 11.6 Å². The van der Waals surface area contributed by atoms with Crippen molar-refractivity contribution in [1.82, 2.24) is 9.97 Å². The van der Waals surface area contributed by atoms with Crippen LogP contribution in [0.5, 0.6) is 0 Å². The molecule has 0 amide bonds. The highest BCUT2D eigenvalue weighted by atomic mass is 15.1. The molecule has 0 saturated heterocycles. The Bertz CT molecular complexity index is 475. The minimum Gasteiger partial charge on any atom is -0.335 e. The van der Waals surface area contributed by atoms with Crippen LogP contribution in [0.2, 0.25) is 0 Å². The van der Waals surface area contributed by atoms with Gasteiger partial charge in [-0.1, -0.05) is 30.3 Å². The van der Waals surface area contributed by atoms with E-state index < -0.39 is 6.04 Å². The number of anilines is 1. The molecule has 1 heterocycles. The molecule has 2 rings (SSSR count). The molecule has 2 aromatic rings. The highest BCUT2D eigenvalue weighted by molar-refractivity contribution is 5.35. The predicted octanol–water partition coefficient (Wildman–Crippen LogP) is 2.15. The van der Waals surface area contributed by atoms with Crippen LogP contribution >= 0.6 is 0 Å². The van der Waals surface area contributed by atoms with Gasteiger partial charge in [-0.25, -0.2) is 9.97 Å². The minimum absolute atomic E-state index is 0.427. The van der Waals surface area contributed by atoms with Crippen LogP contribution in [0, 0.1) is 11.3 Å². The number of nitrogens with zero attached hydrogens (tertiary/aromatic N) is 3. The van der Waals surface area contributed by atoms with Crippen molar-refractivity contribution in [3.63, 3.8) is 0 Å². The first kappa shape index (κ1) is 10.1. The van der Waals surface area contributed by atoms with Crippen molar-refractivity contribution in [2.45, 2.75) is 6.04 Å². The van der Waals surface area contributed by atoms with Crippen LogP contribution in [0.15, 0.2) is 48.8 Å². The van der Waals surface area contributed by atoms with Crippen molar-refractivity contribution in [2.24, 2.45) is 0 Å². The van der Waals surface area contributed by atoms with Crippen LogP contribution in [0.4, 0.5) is 5.95 Å². The summed E-state index contributed by atoms with van der Waals surface area (Å²) < 4.78 is 0. The van der Waals surface area contributed by atoms with Crippen molar-refractivity contribution < 1.29 is 0 Å². The minimum atomic E-state index is -0.427. The second-order valence-electron chi connectivity index (χ2n) is 3.19. The quantitative estimate of drug-likeness (QED) is 0.843. The Kier molecular flexibility index (Phi) is 3.10. The average molecular weight is 210 g/mol. The zero-order chi connectivity index (χ0) is 11.2. The van der Waals surface area contributed by atoms with Crippen molar-refractivity contribution >= 4 is 5.95 Å². The van der Waals surface area contributed by atoms with Gasteiger partial charge in [-0.3, -0.25) is 0 Å². The Hall–Kier alpha value is -2.41. The summed E-state index contributed by atoms with van der Waals surface area (Å²) in [4.78, 5) is 8.04. The van der Waals surface area contributed by atoms with E-state index in [1.807, 2.05) is 30.3 Å². The summed E-state index contributed by atoms with van der Waals surface area (Å²) in [5, 5.41) is 12.0. The molecule has 0 aliphatic heterocycles. The lowest BCUT2D eigenvalue weighted by Crippen LogP contribution is -2.10. The molecule has 1 aromatic carbocycles. The first-order valence-corrected chi connectivity index (χ1v) is 4.88. The SMILES string of the molecule is N#C[C@H](Nc1ncccn1)c1ccccc1. The standard InChI is InChI=1S/C12H10N4/c13-9-11(10-5-2-1-3-6-10)16-12-14-7-4-8-15-12/h1-8,11H,(H,14,15,16)/t11-/m0/s1. The second-order valence-corrected chi connectivity index (χ2v) is 3.19. The molecule has 0 aliphatic carbocycles. The second kappa shape index (κ2) is 4.89. The molecule has 0 unspecified atom stereocenters. The highest BCUT2D eigenvalue weighted by Gasteiger charge is 2.10. The largest absolute Gasteiger partial charge is 0.335 e. The number of nitrogens with one attached hydrogen (secondary N) is 1. The third-order valence-electron chi connectivity index (χ3n) is 2.10. The molecule has 1 N–H and O–H groups in total. The van der Waals surface area contributed by atoms with E-state index in [1.165, 1.54) is 0 Å². The van der Waals surface area contributed by atoms with Gasteiger partial charge in [-0.2, -0.15) is 5.26 Å². The van der Waals surface area contributed by atoms with Gasteiger partial charge in [0.05, 0.1) is 6.07 Å². The summed E-state index contributed by atoms with van der Waals surface area (Å²) in [7, 11) is 0. The maximum Gasteiger partial charge on any atom is 0.223 e. The third kappa shape index (κ3) is 2.34. The molecule has 0 saturated carbocycles. The molecular formula is C12H10N4. The Morgan fingerprint density at radius 2 is 1.75 bits per heavy atom. The number of rotatable bonds is 3. The van der Waals surface area contributed by atoms with Gasteiger partial charge in [0.1, 0.15) is 6.04 Å². The molecule has 0 aliphatic rings. The number of nitriles is 1. The molecule has 1 atom stereocenters. The third-order valence-corrected chi connectivity index (χ3v) is 2.10. The molecule has 1 aromatic heterocycles. The molecule has 0 bridgehead atoms. The Labute approximate surface area is 93.6 Å². The maximum absolute atomic E-state index is 9.07. The van der Waals surface area contributed by atoms with E-state index in [-0.39, 0.29) is 0 Å². The maximum atomic E-state index is 9.07.